The number of hydrogen-bond donors (Lipinski definition) is 3. The molecule has 0 bridgehead atoms. The van der Waals surface area contributed by atoms with Crippen LogP contribution in [0.2, 0.25) is 0 Å². The summed E-state index contributed by atoms with van der Waals surface area (Å²) in [6.45, 7) is 3.90. The van der Waals surface area contributed by atoms with Gasteiger partial charge in [-0.2, -0.15) is 11.8 Å². The van der Waals surface area contributed by atoms with E-state index in [1.807, 2.05) is 20.1 Å². The number of hydrogen-bond acceptors (Lipinski definition) is 4. The summed E-state index contributed by atoms with van der Waals surface area (Å²) >= 11 is 1.63. The Balaban J connectivity index is 4.37. The molecule has 0 aliphatic carbocycles. The number of thioether (sulfide) groups is 1. The second-order valence-corrected chi connectivity index (χ2v) is 5.47. The van der Waals surface area contributed by atoms with E-state index in [4.69, 9.17) is 10.8 Å². The summed E-state index contributed by atoms with van der Waals surface area (Å²) in [4.78, 5) is 22.6. The number of carbonyl (C=O) groups excluding carboxylic acids is 1. The first kappa shape index (κ1) is 17.2. The molecule has 106 valence electrons. The van der Waals surface area contributed by atoms with E-state index in [1.54, 1.807) is 11.8 Å². The predicted octanol–water partition coefficient (Wildman–Crippen LogP) is 1.07. The molecule has 3 unspecified atom stereocenters. The first-order valence-electron chi connectivity index (χ1n) is 6.19. The summed E-state index contributed by atoms with van der Waals surface area (Å²) in [6, 6.07) is -0.905. The van der Waals surface area contributed by atoms with Gasteiger partial charge in [-0.3, -0.25) is 9.59 Å². The highest BCUT2D eigenvalue weighted by molar-refractivity contribution is 7.98. The summed E-state index contributed by atoms with van der Waals surface area (Å²) in [5.74, 6) is -0.215. The topological polar surface area (TPSA) is 92.4 Å². The molecular weight excluding hydrogens is 252 g/mol. The Bertz CT molecular complexity index is 274. The molecule has 0 aliphatic heterocycles. The molecule has 0 aliphatic rings. The van der Waals surface area contributed by atoms with Crippen molar-refractivity contribution in [3.63, 3.8) is 0 Å². The molecular formula is C12H24N2O3S. The van der Waals surface area contributed by atoms with Crippen molar-refractivity contribution in [2.24, 2.45) is 11.7 Å². The van der Waals surface area contributed by atoms with Crippen LogP contribution in [0.5, 0.6) is 0 Å². The highest BCUT2D eigenvalue weighted by atomic mass is 32.2. The lowest BCUT2D eigenvalue weighted by Gasteiger charge is -2.24. The van der Waals surface area contributed by atoms with Gasteiger partial charge in [0.1, 0.15) is 0 Å². The molecule has 1 amide bonds. The van der Waals surface area contributed by atoms with Gasteiger partial charge in [0.25, 0.3) is 0 Å². The number of carboxylic acids is 1. The Morgan fingerprint density at radius 2 is 2.06 bits per heavy atom. The number of nitrogens with two attached hydrogens (primary N) is 1. The minimum absolute atomic E-state index is 0.0595. The number of amides is 1. The highest BCUT2D eigenvalue weighted by Gasteiger charge is 2.23. The Labute approximate surface area is 113 Å². The van der Waals surface area contributed by atoms with E-state index >= 15 is 0 Å². The smallest absolute Gasteiger partial charge is 0.305 e. The predicted molar refractivity (Wildman–Crippen MR) is 74.6 cm³/mol. The number of aliphatic carboxylic acids is 1. The molecule has 0 aromatic heterocycles. The monoisotopic (exact) mass is 276 g/mol. The minimum atomic E-state index is -0.904. The zero-order chi connectivity index (χ0) is 14.1. The normalized spacial score (nSPS) is 15.8. The van der Waals surface area contributed by atoms with Crippen molar-refractivity contribution in [1.29, 1.82) is 0 Å². The standard InChI is InChI=1S/C12H24N2O3S/c1-4-8(2)10(7-11(15)16)14-12(17)9(13)5-6-18-3/h8-10H,4-7,13H2,1-3H3,(H,14,17)(H,15,16). The lowest BCUT2D eigenvalue weighted by atomic mass is 9.96. The zero-order valence-corrected chi connectivity index (χ0v) is 12.1. The van der Waals surface area contributed by atoms with Crippen LogP contribution >= 0.6 is 11.8 Å². The van der Waals surface area contributed by atoms with Gasteiger partial charge in [0, 0.05) is 6.04 Å². The average Bonchev–Trinajstić information content (AvgIpc) is 2.33. The van der Waals surface area contributed by atoms with E-state index in [1.165, 1.54) is 0 Å². The third-order valence-electron chi connectivity index (χ3n) is 3.02. The average molecular weight is 276 g/mol. The first-order valence-corrected chi connectivity index (χ1v) is 7.58. The van der Waals surface area contributed by atoms with Crippen LogP contribution in [0.4, 0.5) is 0 Å². The lowest BCUT2D eigenvalue weighted by molar-refractivity contribution is -0.138. The quantitative estimate of drug-likeness (QED) is 0.586. The van der Waals surface area contributed by atoms with Gasteiger partial charge in [0.2, 0.25) is 5.91 Å². The van der Waals surface area contributed by atoms with E-state index in [9.17, 15) is 9.59 Å². The van der Waals surface area contributed by atoms with Gasteiger partial charge in [0.15, 0.2) is 0 Å². The van der Waals surface area contributed by atoms with Gasteiger partial charge >= 0.3 is 5.97 Å². The summed E-state index contributed by atoms with van der Waals surface area (Å²) in [7, 11) is 0. The lowest BCUT2D eigenvalue weighted by Crippen LogP contribution is -2.48. The Morgan fingerprint density at radius 1 is 1.44 bits per heavy atom. The molecule has 0 spiro atoms. The molecule has 6 heteroatoms. The van der Waals surface area contributed by atoms with Crippen LogP contribution < -0.4 is 11.1 Å². The molecule has 0 aromatic rings. The van der Waals surface area contributed by atoms with Crippen molar-refractivity contribution < 1.29 is 14.7 Å². The second-order valence-electron chi connectivity index (χ2n) is 4.49. The largest absolute Gasteiger partial charge is 0.481 e. The van der Waals surface area contributed by atoms with Crippen LogP contribution in [0.15, 0.2) is 0 Å². The molecule has 5 nitrogen and oxygen atoms in total. The number of nitrogens with one attached hydrogen (secondary N) is 1. The fraction of sp³-hybridized carbons (Fsp3) is 0.833. The third-order valence-corrected chi connectivity index (χ3v) is 3.67. The molecule has 0 aromatic carbocycles. The van der Waals surface area contributed by atoms with Crippen molar-refractivity contribution in [2.45, 2.75) is 45.2 Å². The molecule has 0 saturated heterocycles. The second kappa shape index (κ2) is 9.22. The third kappa shape index (κ3) is 6.86. The van der Waals surface area contributed by atoms with Crippen LogP contribution in [-0.2, 0) is 9.59 Å². The number of carboxylic acid groups (broad SMARTS) is 1. The van der Waals surface area contributed by atoms with Gasteiger partial charge in [-0.15, -0.1) is 0 Å². The molecule has 0 radical (unpaired) electrons. The molecule has 18 heavy (non-hydrogen) atoms. The molecule has 0 heterocycles. The SMILES string of the molecule is CCC(C)C(CC(=O)O)NC(=O)C(N)CCSC. The molecule has 0 fully saturated rings. The zero-order valence-electron chi connectivity index (χ0n) is 11.3. The van der Waals surface area contributed by atoms with Crippen molar-refractivity contribution in [2.75, 3.05) is 12.0 Å². The van der Waals surface area contributed by atoms with E-state index in [-0.39, 0.29) is 24.3 Å². The Hall–Kier alpha value is -0.750. The van der Waals surface area contributed by atoms with Crippen LogP contribution in [0.3, 0.4) is 0 Å². The molecule has 0 rings (SSSR count). The summed E-state index contributed by atoms with van der Waals surface area (Å²) in [6.07, 6.45) is 3.32. The maximum atomic E-state index is 11.8. The maximum Gasteiger partial charge on any atom is 0.305 e. The summed E-state index contributed by atoms with van der Waals surface area (Å²) < 4.78 is 0. The van der Waals surface area contributed by atoms with Crippen molar-refractivity contribution in [3.8, 4) is 0 Å². The van der Waals surface area contributed by atoms with Gasteiger partial charge in [-0.05, 0) is 24.3 Å². The first-order chi connectivity index (χ1) is 8.42. The van der Waals surface area contributed by atoms with Gasteiger partial charge in [-0.25, -0.2) is 0 Å². The Morgan fingerprint density at radius 3 is 2.50 bits per heavy atom. The van der Waals surface area contributed by atoms with E-state index in [2.05, 4.69) is 5.32 Å². The molecule has 3 atom stereocenters. The minimum Gasteiger partial charge on any atom is -0.481 e. The number of rotatable bonds is 9. The van der Waals surface area contributed by atoms with Crippen LogP contribution in [0, 0.1) is 5.92 Å². The van der Waals surface area contributed by atoms with Crippen LogP contribution in [0.25, 0.3) is 0 Å². The van der Waals surface area contributed by atoms with Crippen molar-refractivity contribution >= 4 is 23.6 Å². The van der Waals surface area contributed by atoms with Gasteiger partial charge < -0.3 is 16.2 Å². The summed E-state index contributed by atoms with van der Waals surface area (Å²) in [5, 5.41) is 11.6. The van der Waals surface area contributed by atoms with Gasteiger partial charge in [0.05, 0.1) is 12.5 Å². The summed E-state index contributed by atoms with van der Waals surface area (Å²) in [5.41, 5.74) is 5.75. The van der Waals surface area contributed by atoms with Crippen LogP contribution in [-0.4, -0.2) is 41.1 Å². The highest BCUT2D eigenvalue weighted by Crippen LogP contribution is 2.11. The fourth-order valence-corrected chi connectivity index (χ4v) is 2.02. The van der Waals surface area contributed by atoms with E-state index in [0.29, 0.717) is 6.42 Å². The number of carbonyl (C=O) groups is 2. The molecule has 0 saturated carbocycles. The molecule has 4 N–H and O–H groups in total. The Kier molecular flexibility index (Phi) is 8.83. The van der Waals surface area contributed by atoms with Gasteiger partial charge in [-0.1, -0.05) is 20.3 Å². The van der Waals surface area contributed by atoms with E-state index in [0.717, 1.165) is 12.2 Å². The van der Waals surface area contributed by atoms with Crippen molar-refractivity contribution in [1.82, 2.24) is 5.32 Å². The van der Waals surface area contributed by atoms with Crippen molar-refractivity contribution in [3.05, 3.63) is 0 Å². The van der Waals surface area contributed by atoms with E-state index < -0.39 is 12.0 Å². The fourth-order valence-electron chi connectivity index (χ4n) is 1.53. The maximum absolute atomic E-state index is 11.8. The van der Waals surface area contributed by atoms with Crippen LogP contribution in [0.1, 0.15) is 33.1 Å².